The highest BCUT2D eigenvalue weighted by molar-refractivity contribution is 6.19. The number of hydrogen-bond donors (Lipinski definition) is 0. The zero-order valence-corrected chi connectivity index (χ0v) is 7.36. The van der Waals surface area contributed by atoms with E-state index in [1.54, 1.807) is 14.2 Å². The van der Waals surface area contributed by atoms with Gasteiger partial charge in [-0.3, -0.25) is 0 Å². The molecule has 2 nitrogen and oxygen atoms in total. The summed E-state index contributed by atoms with van der Waals surface area (Å²) in [6.07, 6.45) is 0.623. The minimum atomic E-state index is -0.693. The van der Waals surface area contributed by atoms with E-state index in [-0.39, 0.29) is 0 Å². The maximum atomic E-state index is 5.45. The maximum Gasteiger partial charge on any atom is 0.144 e. The minimum absolute atomic E-state index is 0.505. The number of methoxy groups -OCH3 is 2. The van der Waals surface area contributed by atoms with Gasteiger partial charge in [-0.15, -0.1) is 11.6 Å². The quantitative estimate of drug-likeness (QED) is 0.348. The second-order valence-corrected chi connectivity index (χ2v) is 2.74. The van der Waals surface area contributed by atoms with E-state index in [2.05, 4.69) is 10.2 Å². The van der Waals surface area contributed by atoms with Crippen molar-refractivity contribution in [2.45, 2.75) is 11.8 Å². The molecule has 0 aromatic carbocycles. The normalized spacial score (nSPS) is 12.0. The molecule has 0 aliphatic carbocycles. The standard InChI is InChI=1S/C5H10ClO2Si/c1-7-5(9,8-2)3-4-6/h3-4H2,1-2H3. The molecule has 0 aliphatic rings. The molecule has 0 aliphatic heterocycles. The fraction of sp³-hybridized carbons (Fsp3) is 1.00. The summed E-state index contributed by atoms with van der Waals surface area (Å²) in [4.78, 5) is 0. The minimum Gasteiger partial charge on any atom is -0.358 e. The Morgan fingerprint density at radius 2 is 1.89 bits per heavy atom. The number of rotatable bonds is 4. The van der Waals surface area contributed by atoms with Crippen LogP contribution in [0.25, 0.3) is 0 Å². The first-order valence-electron chi connectivity index (χ1n) is 2.60. The van der Waals surface area contributed by atoms with Crippen LogP contribution in [0.4, 0.5) is 0 Å². The lowest BCUT2D eigenvalue weighted by Crippen LogP contribution is -2.34. The predicted octanol–water partition coefficient (Wildman–Crippen LogP) is 0.730. The lowest BCUT2D eigenvalue weighted by Gasteiger charge is -2.24. The second-order valence-electron chi connectivity index (χ2n) is 1.60. The predicted molar refractivity (Wildman–Crippen MR) is 37.8 cm³/mol. The third kappa shape index (κ3) is 3.20. The Bertz CT molecular complexity index is 75.4. The smallest absolute Gasteiger partial charge is 0.144 e. The topological polar surface area (TPSA) is 18.5 Å². The van der Waals surface area contributed by atoms with Crippen LogP contribution < -0.4 is 0 Å². The molecule has 0 aromatic heterocycles. The number of halogens is 1. The summed E-state index contributed by atoms with van der Waals surface area (Å²) >= 11 is 5.45. The summed E-state index contributed by atoms with van der Waals surface area (Å²) in [7, 11) is 6.38. The molecule has 0 fully saturated rings. The van der Waals surface area contributed by atoms with Crippen LogP contribution in [0.1, 0.15) is 6.42 Å². The van der Waals surface area contributed by atoms with E-state index in [4.69, 9.17) is 21.1 Å². The van der Waals surface area contributed by atoms with Crippen molar-refractivity contribution in [3.63, 3.8) is 0 Å². The summed E-state index contributed by atoms with van der Waals surface area (Å²) in [6, 6.07) is 0. The van der Waals surface area contributed by atoms with Gasteiger partial charge in [0.2, 0.25) is 0 Å². The Labute approximate surface area is 63.9 Å². The summed E-state index contributed by atoms with van der Waals surface area (Å²) in [5.74, 6) is 0.505. The van der Waals surface area contributed by atoms with Gasteiger partial charge in [0.15, 0.2) is 0 Å². The van der Waals surface area contributed by atoms with E-state index < -0.39 is 5.41 Å². The molecule has 0 atom stereocenters. The molecule has 9 heavy (non-hydrogen) atoms. The number of alkyl halides is 1. The Morgan fingerprint density at radius 3 is 2.00 bits per heavy atom. The first-order valence-corrected chi connectivity index (χ1v) is 3.63. The van der Waals surface area contributed by atoms with Crippen LogP contribution in [0.3, 0.4) is 0 Å². The number of ether oxygens (including phenoxy) is 2. The Hall–Kier alpha value is 0.427. The fourth-order valence-corrected chi connectivity index (χ4v) is 0.944. The molecule has 0 heterocycles. The molecular weight excluding hydrogens is 156 g/mol. The van der Waals surface area contributed by atoms with Crippen molar-refractivity contribution in [1.29, 1.82) is 0 Å². The lowest BCUT2D eigenvalue weighted by atomic mass is 10.4. The van der Waals surface area contributed by atoms with E-state index in [0.717, 1.165) is 0 Å². The van der Waals surface area contributed by atoms with Gasteiger partial charge in [-0.2, -0.15) is 0 Å². The molecule has 53 valence electrons. The molecular formula is C5H10ClO2Si. The molecule has 0 rings (SSSR count). The van der Waals surface area contributed by atoms with Crippen LogP contribution >= 0.6 is 11.6 Å². The van der Waals surface area contributed by atoms with Crippen LogP contribution in [-0.2, 0) is 9.47 Å². The third-order valence-corrected chi connectivity index (χ3v) is 1.93. The molecule has 0 saturated heterocycles. The SMILES string of the molecule is COC([Si])(CCCl)OC. The van der Waals surface area contributed by atoms with Crippen molar-refractivity contribution in [3.05, 3.63) is 0 Å². The van der Waals surface area contributed by atoms with Gasteiger partial charge in [0.1, 0.15) is 15.7 Å². The molecule has 0 N–H and O–H groups in total. The highest BCUT2D eigenvalue weighted by atomic mass is 35.5. The maximum absolute atomic E-state index is 5.45. The average molecular weight is 166 g/mol. The molecule has 0 unspecified atom stereocenters. The van der Waals surface area contributed by atoms with Gasteiger partial charge in [0.25, 0.3) is 0 Å². The summed E-state index contributed by atoms with van der Waals surface area (Å²) in [5, 5.41) is 0. The monoisotopic (exact) mass is 165 g/mol. The van der Waals surface area contributed by atoms with Crippen molar-refractivity contribution < 1.29 is 9.47 Å². The Balaban J connectivity index is 3.62. The highest BCUT2D eigenvalue weighted by Crippen LogP contribution is 2.11. The van der Waals surface area contributed by atoms with Gasteiger partial charge in [0, 0.05) is 26.5 Å². The largest absolute Gasteiger partial charge is 0.358 e. The molecule has 0 bridgehead atoms. The molecule has 0 spiro atoms. The second kappa shape index (κ2) is 4.28. The first-order chi connectivity index (χ1) is 4.18. The average Bonchev–Trinajstić information content (AvgIpc) is 1.89. The first kappa shape index (κ1) is 9.43. The molecule has 3 radical (unpaired) electrons. The summed E-state index contributed by atoms with van der Waals surface area (Å²) in [5.41, 5.74) is -0.693. The highest BCUT2D eigenvalue weighted by Gasteiger charge is 2.20. The van der Waals surface area contributed by atoms with Gasteiger partial charge < -0.3 is 9.47 Å². The van der Waals surface area contributed by atoms with Crippen molar-refractivity contribution in [2.75, 3.05) is 20.1 Å². The molecule has 0 amide bonds. The van der Waals surface area contributed by atoms with Gasteiger partial charge in [0.05, 0.1) is 0 Å². The molecule has 0 saturated carbocycles. The van der Waals surface area contributed by atoms with Crippen molar-refractivity contribution in [1.82, 2.24) is 0 Å². The lowest BCUT2D eigenvalue weighted by molar-refractivity contribution is -0.142. The zero-order chi connectivity index (χ0) is 7.33. The van der Waals surface area contributed by atoms with Crippen LogP contribution in [-0.4, -0.2) is 35.8 Å². The summed E-state index contributed by atoms with van der Waals surface area (Å²) in [6.45, 7) is 0. The van der Waals surface area contributed by atoms with Crippen LogP contribution in [0.2, 0.25) is 0 Å². The van der Waals surface area contributed by atoms with E-state index in [9.17, 15) is 0 Å². The van der Waals surface area contributed by atoms with E-state index in [1.807, 2.05) is 0 Å². The van der Waals surface area contributed by atoms with Crippen LogP contribution in [0.15, 0.2) is 0 Å². The van der Waals surface area contributed by atoms with Gasteiger partial charge >= 0.3 is 0 Å². The van der Waals surface area contributed by atoms with Gasteiger partial charge in [-0.1, -0.05) is 0 Å². The molecule has 0 aromatic rings. The van der Waals surface area contributed by atoms with Gasteiger partial charge in [-0.25, -0.2) is 0 Å². The summed E-state index contributed by atoms with van der Waals surface area (Å²) < 4.78 is 9.87. The fourth-order valence-electron chi connectivity index (χ4n) is 0.412. The molecule has 4 heteroatoms. The Morgan fingerprint density at radius 1 is 1.44 bits per heavy atom. The van der Waals surface area contributed by atoms with Crippen LogP contribution in [0, 0.1) is 0 Å². The van der Waals surface area contributed by atoms with E-state index in [0.29, 0.717) is 12.3 Å². The van der Waals surface area contributed by atoms with Crippen molar-refractivity contribution >= 4 is 21.8 Å². The zero-order valence-electron chi connectivity index (χ0n) is 5.61. The van der Waals surface area contributed by atoms with Crippen molar-refractivity contribution in [2.24, 2.45) is 0 Å². The Kier molecular flexibility index (Phi) is 4.48. The van der Waals surface area contributed by atoms with E-state index >= 15 is 0 Å². The van der Waals surface area contributed by atoms with Gasteiger partial charge in [-0.05, 0) is 0 Å². The number of hydrogen-bond acceptors (Lipinski definition) is 2. The van der Waals surface area contributed by atoms with Crippen molar-refractivity contribution in [3.8, 4) is 0 Å². The third-order valence-electron chi connectivity index (χ3n) is 1.08. The van der Waals surface area contributed by atoms with E-state index in [1.165, 1.54) is 0 Å². The van der Waals surface area contributed by atoms with Crippen LogP contribution in [0.5, 0.6) is 0 Å².